The zero-order valence-corrected chi connectivity index (χ0v) is 27.7. The normalized spacial score (nSPS) is 12.3. The lowest BCUT2D eigenvalue weighted by atomic mass is 9.78. The molecule has 2 nitrogen and oxygen atoms in total. The SMILES string of the molecule is CCCC=CC(C)c1ccc(N(c2ccccc2)c2ccc(N(c3ccccc3)c3ccc(C(C)(CC)CC)cc3)cc2)cc1. The summed E-state index contributed by atoms with van der Waals surface area (Å²) >= 11 is 0. The van der Waals surface area contributed by atoms with Crippen molar-refractivity contribution in [3.05, 3.63) is 157 Å². The van der Waals surface area contributed by atoms with Gasteiger partial charge in [-0.25, -0.2) is 0 Å². The Morgan fingerprint density at radius 2 is 0.911 bits per heavy atom. The highest BCUT2D eigenvalue weighted by molar-refractivity contribution is 5.81. The molecule has 0 spiro atoms. The molecule has 0 radical (unpaired) electrons. The van der Waals surface area contributed by atoms with Gasteiger partial charge in [0.25, 0.3) is 0 Å². The first-order chi connectivity index (χ1) is 22.0. The molecule has 0 bridgehead atoms. The summed E-state index contributed by atoms with van der Waals surface area (Å²) in [5.74, 6) is 0.394. The maximum absolute atomic E-state index is 2.37. The van der Waals surface area contributed by atoms with E-state index >= 15 is 0 Å². The van der Waals surface area contributed by atoms with E-state index in [4.69, 9.17) is 0 Å². The van der Waals surface area contributed by atoms with E-state index in [2.05, 4.69) is 190 Å². The quantitative estimate of drug-likeness (QED) is 0.125. The zero-order chi connectivity index (χ0) is 31.6. The molecule has 0 aromatic heterocycles. The molecule has 0 aliphatic rings. The molecule has 5 aromatic rings. The minimum absolute atomic E-state index is 0.195. The highest BCUT2D eigenvalue weighted by atomic mass is 15.2. The van der Waals surface area contributed by atoms with Crippen molar-refractivity contribution in [2.24, 2.45) is 0 Å². The van der Waals surface area contributed by atoms with Crippen molar-refractivity contribution < 1.29 is 0 Å². The summed E-state index contributed by atoms with van der Waals surface area (Å²) in [4.78, 5) is 4.68. The van der Waals surface area contributed by atoms with Crippen LogP contribution >= 0.6 is 0 Å². The summed E-state index contributed by atoms with van der Waals surface area (Å²) in [6.07, 6.45) is 9.19. The van der Waals surface area contributed by atoms with Crippen LogP contribution in [0, 0.1) is 0 Å². The van der Waals surface area contributed by atoms with Gasteiger partial charge in [-0.2, -0.15) is 0 Å². The number of rotatable bonds is 13. The van der Waals surface area contributed by atoms with Crippen LogP contribution in [0.2, 0.25) is 0 Å². The molecule has 5 rings (SSSR count). The van der Waals surface area contributed by atoms with Gasteiger partial charge in [0.05, 0.1) is 0 Å². The second kappa shape index (κ2) is 14.9. The van der Waals surface area contributed by atoms with Gasteiger partial charge in [0.15, 0.2) is 0 Å². The molecule has 0 aliphatic carbocycles. The van der Waals surface area contributed by atoms with Crippen LogP contribution < -0.4 is 9.80 Å². The Labute approximate surface area is 271 Å². The molecule has 0 amide bonds. The monoisotopic (exact) mass is 592 g/mol. The second-order valence-corrected chi connectivity index (χ2v) is 12.3. The lowest BCUT2D eigenvalue weighted by molar-refractivity contribution is 0.439. The third-order valence-corrected chi connectivity index (χ3v) is 9.34. The molecule has 0 saturated carbocycles. The molecule has 1 unspecified atom stereocenters. The van der Waals surface area contributed by atoms with Crippen molar-refractivity contribution in [2.75, 3.05) is 9.80 Å². The first kappa shape index (κ1) is 31.9. The number of hydrogen-bond donors (Lipinski definition) is 0. The molecular weight excluding hydrogens is 544 g/mol. The highest BCUT2D eigenvalue weighted by Gasteiger charge is 2.23. The molecule has 0 saturated heterocycles. The van der Waals surface area contributed by atoms with Crippen molar-refractivity contribution in [2.45, 2.75) is 71.6 Å². The van der Waals surface area contributed by atoms with Crippen LogP contribution in [0.5, 0.6) is 0 Å². The lowest BCUT2D eigenvalue weighted by Crippen LogP contribution is -2.19. The molecule has 1 atom stereocenters. The van der Waals surface area contributed by atoms with Gasteiger partial charge in [-0.15, -0.1) is 0 Å². The predicted octanol–water partition coefficient (Wildman–Crippen LogP) is 13.2. The Morgan fingerprint density at radius 1 is 0.533 bits per heavy atom. The Hall–Kier alpha value is -4.56. The Kier molecular flexibility index (Phi) is 10.6. The fourth-order valence-electron chi connectivity index (χ4n) is 5.98. The van der Waals surface area contributed by atoms with E-state index in [1.54, 1.807) is 0 Å². The fourth-order valence-corrected chi connectivity index (χ4v) is 5.98. The average molecular weight is 593 g/mol. The van der Waals surface area contributed by atoms with Crippen LogP contribution in [-0.2, 0) is 5.41 Å². The molecule has 0 N–H and O–H groups in total. The first-order valence-corrected chi connectivity index (χ1v) is 16.6. The predicted molar refractivity (Wildman–Crippen MR) is 196 cm³/mol. The van der Waals surface area contributed by atoms with Crippen LogP contribution in [0.4, 0.5) is 34.1 Å². The lowest BCUT2D eigenvalue weighted by Gasteiger charge is -2.30. The molecule has 0 fully saturated rings. The van der Waals surface area contributed by atoms with E-state index in [0.29, 0.717) is 5.92 Å². The molecular formula is C43H48N2. The summed E-state index contributed by atoms with van der Waals surface area (Å²) in [6.45, 7) is 11.4. The summed E-state index contributed by atoms with van der Waals surface area (Å²) in [5, 5.41) is 0. The van der Waals surface area contributed by atoms with Gasteiger partial charge < -0.3 is 9.80 Å². The molecule has 2 heteroatoms. The molecule has 0 aliphatic heterocycles. The van der Waals surface area contributed by atoms with Gasteiger partial charge in [0.2, 0.25) is 0 Å². The summed E-state index contributed by atoms with van der Waals surface area (Å²) in [5.41, 5.74) is 9.76. The fraction of sp³-hybridized carbons (Fsp3) is 0.256. The van der Waals surface area contributed by atoms with Gasteiger partial charge in [0, 0.05) is 34.1 Å². The molecule has 0 heterocycles. The molecule has 230 valence electrons. The van der Waals surface area contributed by atoms with Crippen LogP contribution in [0.3, 0.4) is 0 Å². The number of anilines is 6. The molecule has 5 aromatic carbocycles. The van der Waals surface area contributed by atoms with E-state index in [-0.39, 0.29) is 5.41 Å². The second-order valence-electron chi connectivity index (χ2n) is 12.3. The van der Waals surface area contributed by atoms with Crippen molar-refractivity contribution in [1.82, 2.24) is 0 Å². The number of unbranched alkanes of at least 4 members (excludes halogenated alkanes) is 1. The van der Waals surface area contributed by atoms with Crippen LogP contribution in [0.15, 0.2) is 146 Å². The van der Waals surface area contributed by atoms with Crippen LogP contribution in [0.25, 0.3) is 0 Å². The standard InChI is InChI=1S/C43H48N2/c1-6-9-12-17-34(4)35-22-26-39(27-23-35)44(37-18-13-10-14-19-37)41-30-32-42(33-31-41)45(38-20-15-11-16-21-38)40-28-24-36(25-29-40)43(5,7-2)8-3/h10-34H,6-9H2,1-5H3. The van der Waals surface area contributed by atoms with E-state index in [1.807, 2.05) is 0 Å². The van der Waals surface area contributed by atoms with Crippen molar-refractivity contribution in [3.63, 3.8) is 0 Å². The Balaban J connectivity index is 1.50. The maximum atomic E-state index is 2.37. The van der Waals surface area contributed by atoms with Gasteiger partial charge in [-0.3, -0.25) is 0 Å². The first-order valence-electron chi connectivity index (χ1n) is 16.6. The van der Waals surface area contributed by atoms with Crippen molar-refractivity contribution in [1.29, 1.82) is 0 Å². The highest BCUT2D eigenvalue weighted by Crippen LogP contribution is 2.40. The van der Waals surface area contributed by atoms with Gasteiger partial charge >= 0.3 is 0 Å². The van der Waals surface area contributed by atoms with E-state index in [0.717, 1.165) is 53.4 Å². The summed E-state index contributed by atoms with van der Waals surface area (Å²) in [7, 11) is 0. The summed E-state index contributed by atoms with van der Waals surface area (Å²) < 4.78 is 0. The molecule has 45 heavy (non-hydrogen) atoms. The average Bonchev–Trinajstić information content (AvgIpc) is 3.10. The van der Waals surface area contributed by atoms with Crippen molar-refractivity contribution >= 4 is 34.1 Å². The minimum atomic E-state index is 0.195. The third-order valence-electron chi connectivity index (χ3n) is 9.34. The van der Waals surface area contributed by atoms with Gasteiger partial charge in [-0.05, 0) is 115 Å². The topological polar surface area (TPSA) is 6.48 Å². The van der Waals surface area contributed by atoms with Crippen molar-refractivity contribution in [3.8, 4) is 0 Å². The Bertz CT molecular complexity index is 1620. The van der Waals surface area contributed by atoms with E-state index in [9.17, 15) is 0 Å². The zero-order valence-electron chi connectivity index (χ0n) is 27.7. The van der Waals surface area contributed by atoms with Gasteiger partial charge in [-0.1, -0.05) is 114 Å². The minimum Gasteiger partial charge on any atom is -0.311 e. The Morgan fingerprint density at radius 3 is 1.31 bits per heavy atom. The van der Waals surface area contributed by atoms with Crippen LogP contribution in [-0.4, -0.2) is 0 Å². The van der Waals surface area contributed by atoms with Crippen LogP contribution in [0.1, 0.15) is 77.3 Å². The largest absolute Gasteiger partial charge is 0.311 e. The summed E-state index contributed by atoms with van der Waals surface area (Å²) in [6, 6.07) is 48.5. The number of benzene rings is 5. The number of hydrogen-bond acceptors (Lipinski definition) is 2. The van der Waals surface area contributed by atoms with Gasteiger partial charge in [0.1, 0.15) is 0 Å². The smallest absolute Gasteiger partial charge is 0.0463 e. The number of nitrogens with zero attached hydrogens (tertiary/aromatic N) is 2. The van der Waals surface area contributed by atoms with E-state index < -0.39 is 0 Å². The third kappa shape index (κ3) is 7.40. The maximum Gasteiger partial charge on any atom is 0.0463 e. The number of allylic oxidation sites excluding steroid dienone is 2. The van der Waals surface area contributed by atoms with E-state index in [1.165, 1.54) is 17.5 Å². The number of para-hydroxylation sites is 2.